The SMILES string of the molecule is NCc1ccc(F)cc1CS(=O)(=O)C1CCCC1. The van der Waals surface area contributed by atoms with Crippen LogP contribution in [0, 0.1) is 5.82 Å². The van der Waals surface area contributed by atoms with Crippen LogP contribution in [0.4, 0.5) is 4.39 Å². The van der Waals surface area contributed by atoms with Gasteiger partial charge in [0.2, 0.25) is 0 Å². The molecule has 0 spiro atoms. The Morgan fingerprint density at radius 3 is 2.50 bits per heavy atom. The molecule has 2 rings (SSSR count). The maximum Gasteiger partial charge on any atom is 0.157 e. The zero-order chi connectivity index (χ0) is 13.2. The van der Waals surface area contributed by atoms with Gasteiger partial charge in [-0.25, -0.2) is 12.8 Å². The molecule has 0 amide bonds. The van der Waals surface area contributed by atoms with Gasteiger partial charge in [0, 0.05) is 6.54 Å². The third-order valence-corrected chi connectivity index (χ3v) is 5.76. The first-order chi connectivity index (χ1) is 8.53. The van der Waals surface area contributed by atoms with Crippen LogP contribution < -0.4 is 5.73 Å². The van der Waals surface area contributed by atoms with Gasteiger partial charge in [-0.15, -0.1) is 0 Å². The average molecular weight is 271 g/mol. The van der Waals surface area contributed by atoms with Crippen LogP contribution in [0.3, 0.4) is 0 Å². The second kappa shape index (κ2) is 5.36. The van der Waals surface area contributed by atoms with E-state index in [1.165, 1.54) is 12.1 Å². The highest BCUT2D eigenvalue weighted by atomic mass is 32.2. The number of sulfone groups is 1. The van der Waals surface area contributed by atoms with Gasteiger partial charge in [-0.3, -0.25) is 0 Å². The highest BCUT2D eigenvalue weighted by Crippen LogP contribution is 2.28. The summed E-state index contributed by atoms with van der Waals surface area (Å²) in [6.07, 6.45) is 3.40. The molecule has 1 fully saturated rings. The number of benzene rings is 1. The van der Waals surface area contributed by atoms with Gasteiger partial charge in [0.25, 0.3) is 0 Å². The summed E-state index contributed by atoms with van der Waals surface area (Å²) >= 11 is 0. The fourth-order valence-corrected chi connectivity index (χ4v) is 4.50. The number of nitrogens with two attached hydrogens (primary N) is 1. The van der Waals surface area contributed by atoms with Crippen molar-refractivity contribution in [2.24, 2.45) is 5.73 Å². The van der Waals surface area contributed by atoms with Crippen molar-refractivity contribution in [1.29, 1.82) is 0 Å². The smallest absolute Gasteiger partial charge is 0.157 e. The lowest BCUT2D eigenvalue weighted by atomic mass is 10.1. The first kappa shape index (κ1) is 13.5. The lowest BCUT2D eigenvalue weighted by Gasteiger charge is -2.13. The summed E-state index contributed by atoms with van der Waals surface area (Å²) in [7, 11) is -3.18. The van der Waals surface area contributed by atoms with Crippen molar-refractivity contribution in [1.82, 2.24) is 0 Å². The standard InChI is InChI=1S/C13H18FNO2S/c14-12-6-5-10(8-15)11(7-12)9-18(16,17)13-3-1-2-4-13/h5-7,13H,1-4,8-9,15H2. The fraction of sp³-hybridized carbons (Fsp3) is 0.538. The highest BCUT2D eigenvalue weighted by molar-refractivity contribution is 7.91. The van der Waals surface area contributed by atoms with E-state index < -0.39 is 15.7 Å². The van der Waals surface area contributed by atoms with Gasteiger partial charge in [-0.05, 0) is 36.1 Å². The Balaban J connectivity index is 2.25. The van der Waals surface area contributed by atoms with Crippen LogP contribution in [-0.4, -0.2) is 13.7 Å². The van der Waals surface area contributed by atoms with E-state index in [1.807, 2.05) is 0 Å². The predicted octanol–water partition coefficient (Wildman–Crippen LogP) is 2.14. The van der Waals surface area contributed by atoms with Crippen molar-refractivity contribution >= 4 is 9.84 Å². The normalized spacial score (nSPS) is 17.2. The molecule has 1 aromatic carbocycles. The third-order valence-electron chi connectivity index (χ3n) is 3.55. The highest BCUT2D eigenvalue weighted by Gasteiger charge is 2.29. The van der Waals surface area contributed by atoms with Crippen molar-refractivity contribution in [3.8, 4) is 0 Å². The molecule has 0 saturated heterocycles. The van der Waals surface area contributed by atoms with Gasteiger partial charge in [0.15, 0.2) is 9.84 Å². The summed E-state index contributed by atoms with van der Waals surface area (Å²) in [5.41, 5.74) is 6.77. The van der Waals surface area contributed by atoms with Crippen LogP contribution in [0.5, 0.6) is 0 Å². The monoisotopic (exact) mass is 271 g/mol. The Kier molecular flexibility index (Phi) is 4.02. The topological polar surface area (TPSA) is 60.2 Å². The van der Waals surface area contributed by atoms with Crippen LogP contribution in [0.1, 0.15) is 36.8 Å². The molecule has 0 unspecified atom stereocenters. The minimum atomic E-state index is -3.18. The van der Waals surface area contributed by atoms with Crippen molar-refractivity contribution < 1.29 is 12.8 Å². The lowest BCUT2D eigenvalue weighted by Crippen LogP contribution is -2.20. The minimum absolute atomic E-state index is 0.0953. The van der Waals surface area contributed by atoms with Crippen molar-refractivity contribution in [3.63, 3.8) is 0 Å². The second-order valence-corrected chi connectivity index (χ2v) is 7.11. The molecule has 0 aromatic heterocycles. The van der Waals surface area contributed by atoms with E-state index in [9.17, 15) is 12.8 Å². The van der Waals surface area contributed by atoms with E-state index >= 15 is 0 Å². The molecule has 0 heterocycles. The minimum Gasteiger partial charge on any atom is -0.326 e. The van der Waals surface area contributed by atoms with Crippen molar-refractivity contribution in [3.05, 3.63) is 35.1 Å². The number of halogens is 1. The molecule has 1 saturated carbocycles. The van der Waals surface area contributed by atoms with E-state index in [0.717, 1.165) is 25.7 Å². The fourth-order valence-electron chi connectivity index (χ4n) is 2.51. The molecular formula is C13H18FNO2S. The van der Waals surface area contributed by atoms with Crippen LogP contribution in [-0.2, 0) is 22.1 Å². The molecule has 1 aromatic rings. The van der Waals surface area contributed by atoms with Crippen molar-refractivity contribution in [2.75, 3.05) is 0 Å². The van der Waals surface area contributed by atoms with Gasteiger partial charge in [-0.2, -0.15) is 0 Å². The molecule has 5 heteroatoms. The molecule has 0 aliphatic heterocycles. The Morgan fingerprint density at radius 2 is 1.89 bits per heavy atom. The Bertz CT molecular complexity index is 522. The van der Waals surface area contributed by atoms with Crippen LogP contribution in [0.25, 0.3) is 0 Å². The summed E-state index contributed by atoms with van der Waals surface area (Å²) in [5.74, 6) is -0.508. The number of hydrogen-bond donors (Lipinski definition) is 1. The van der Waals surface area contributed by atoms with E-state index in [-0.39, 0.29) is 17.5 Å². The van der Waals surface area contributed by atoms with Crippen LogP contribution in [0.15, 0.2) is 18.2 Å². The Hall–Kier alpha value is -0.940. The first-order valence-electron chi connectivity index (χ1n) is 6.22. The van der Waals surface area contributed by atoms with Gasteiger partial charge < -0.3 is 5.73 Å². The molecular weight excluding hydrogens is 253 g/mol. The third kappa shape index (κ3) is 2.90. The zero-order valence-corrected chi connectivity index (χ0v) is 11.0. The quantitative estimate of drug-likeness (QED) is 0.912. The molecule has 0 radical (unpaired) electrons. The maximum atomic E-state index is 13.2. The molecule has 100 valence electrons. The second-order valence-electron chi connectivity index (χ2n) is 4.83. The molecule has 1 aliphatic rings. The Morgan fingerprint density at radius 1 is 1.22 bits per heavy atom. The van der Waals surface area contributed by atoms with E-state index in [4.69, 9.17) is 5.73 Å². The van der Waals surface area contributed by atoms with Crippen LogP contribution >= 0.6 is 0 Å². The van der Waals surface area contributed by atoms with Gasteiger partial charge in [0.1, 0.15) is 5.82 Å². The maximum absolute atomic E-state index is 13.2. The summed E-state index contributed by atoms with van der Waals surface area (Å²) < 4.78 is 37.6. The molecule has 18 heavy (non-hydrogen) atoms. The molecule has 0 atom stereocenters. The molecule has 0 bridgehead atoms. The summed E-state index contributed by atoms with van der Waals surface area (Å²) in [6, 6.07) is 4.16. The lowest BCUT2D eigenvalue weighted by molar-refractivity contribution is 0.578. The average Bonchev–Trinajstić information content (AvgIpc) is 2.83. The van der Waals surface area contributed by atoms with Crippen molar-refractivity contribution in [2.45, 2.75) is 43.2 Å². The van der Waals surface area contributed by atoms with Gasteiger partial charge in [-0.1, -0.05) is 18.9 Å². The largest absolute Gasteiger partial charge is 0.326 e. The predicted molar refractivity (Wildman–Crippen MR) is 69.2 cm³/mol. The summed E-state index contributed by atoms with van der Waals surface area (Å²) in [4.78, 5) is 0. The molecule has 1 aliphatic carbocycles. The van der Waals surface area contributed by atoms with Gasteiger partial charge in [0.05, 0.1) is 11.0 Å². The number of rotatable bonds is 4. The summed E-state index contributed by atoms with van der Waals surface area (Å²) in [5, 5.41) is -0.258. The van der Waals surface area contributed by atoms with Crippen LogP contribution in [0.2, 0.25) is 0 Å². The van der Waals surface area contributed by atoms with Gasteiger partial charge >= 0.3 is 0 Å². The zero-order valence-electron chi connectivity index (χ0n) is 10.2. The molecule has 3 nitrogen and oxygen atoms in total. The van der Waals surface area contributed by atoms with E-state index in [0.29, 0.717) is 11.1 Å². The molecule has 2 N–H and O–H groups in total. The number of hydrogen-bond acceptors (Lipinski definition) is 3. The Labute approximate surface area is 107 Å². The van der Waals surface area contributed by atoms with E-state index in [2.05, 4.69) is 0 Å². The van der Waals surface area contributed by atoms with E-state index in [1.54, 1.807) is 6.07 Å². The first-order valence-corrected chi connectivity index (χ1v) is 7.93. The summed E-state index contributed by atoms with van der Waals surface area (Å²) in [6.45, 7) is 0.232.